The van der Waals surface area contributed by atoms with Gasteiger partial charge in [-0.3, -0.25) is 4.79 Å². The van der Waals surface area contributed by atoms with Gasteiger partial charge in [0.05, 0.1) is 25.8 Å². The standard InChI is InChI=1S/C13H20N4O3/c1-8(11(18)17-9-4-5-9)14-6-10-12(19-2)15-7-16-13(10)20-3/h7-9,14H,4-6H2,1-3H3,(H,17,18). The predicted octanol–water partition coefficient (Wildman–Crippen LogP) is 0.251. The fourth-order valence-corrected chi connectivity index (χ4v) is 1.79. The normalized spacial score (nSPS) is 15.6. The maximum absolute atomic E-state index is 11.9. The molecule has 1 aliphatic carbocycles. The van der Waals surface area contributed by atoms with Gasteiger partial charge >= 0.3 is 0 Å². The number of carbonyl (C=O) groups excluding carboxylic acids is 1. The fourth-order valence-electron chi connectivity index (χ4n) is 1.79. The minimum Gasteiger partial charge on any atom is -0.481 e. The Morgan fingerprint density at radius 2 is 1.95 bits per heavy atom. The minimum absolute atomic E-state index is 0.00211. The first kappa shape index (κ1) is 14.5. The number of nitrogens with one attached hydrogen (secondary N) is 2. The number of hydrogen-bond donors (Lipinski definition) is 2. The van der Waals surface area contributed by atoms with Gasteiger partial charge in [0.1, 0.15) is 6.33 Å². The summed E-state index contributed by atoms with van der Waals surface area (Å²) in [6.45, 7) is 2.22. The molecule has 2 N–H and O–H groups in total. The number of ether oxygens (including phenoxy) is 2. The van der Waals surface area contributed by atoms with Crippen LogP contribution in [-0.4, -0.2) is 42.2 Å². The Morgan fingerprint density at radius 3 is 2.45 bits per heavy atom. The lowest BCUT2D eigenvalue weighted by molar-refractivity contribution is -0.122. The highest BCUT2D eigenvalue weighted by molar-refractivity contribution is 5.81. The molecule has 1 unspecified atom stereocenters. The molecule has 0 aliphatic heterocycles. The summed E-state index contributed by atoms with van der Waals surface area (Å²) in [5.74, 6) is 0.889. The van der Waals surface area contributed by atoms with Crippen molar-refractivity contribution in [2.75, 3.05) is 14.2 Å². The molecular weight excluding hydrogens is 260 g/mol. The van der Waals surface area contributed by atoms with Crippen molar-refractivity contribution in [3.8, 4) is 11.8 Å². The quantitative estimate of drug-likeness (QED) is 0.745. The molecule has 0 aromatic carbocycles. The van der Waals surface area contributed by atoms with E-state index in [1.165, 1.54) is 20.5 Å². The Kier molecular flexibility index (Phi) is 4.73. The minimum atomic E-state index is -0.301. The van der Waals surface area contributed by atoms with Gasteiger partial charge in [0.15, 0.2) is 0 Å². The van der Waals surface area contributed by atoms with Crippen LogP contribution in [-0.2, 0) is 11.3 Å². The van der Waals surface area contributed by atoms with Crippen LogP contribution in [0.1, 0.15) is 25.3 Å². The molecule has 1 atom stereocenters. The largest absolute Gasteiger partial charge is 0.481 e. The van der Waals surface area contributed by atoms with Crippen LogP contribution in [0.2, 0.25) is 0 Å². The number of methoxy groups -OCH3 is 2. The van der Waals surface area contributed by atoms with Crippen molar-refractivity contribution in [3.05, 3.63) is 11.9 Å². The smallest absolute Gasteiger partial charge is 0.237 e. The zero-order chi connectivity index (χ0) is 14.5. The molecule has 2 rings (SSSR count). The van der Waals surface area contributed by atoms with Gasteiger partial charge in [-0.2, -0.15) is 0 Å². The molecule has 0 spiro atoms. The molecule has 0 saturated heterocycles. The Balaban J connectivity index is 1.96. The van der Waals surface area contributed by atoms with E-state index in [1.807, 2.05) is 6.92 Å². The van der Waals surface area contributed by atoms with Crippen molar-refractivity contribution < 1.29 is 14.3 Å². The van der Waals surface area contributed by atoms with Crippen molar-refractivity contribution in [3.63, 3.8) is 0 Å². The maximum atomic E-state index is 11.9. The van der Waals surface area contributed by atoms with Crippen molar-refractivity contribution in [1.29, 1.82) is 0 Å². The van der Waals surface area contributed by atoms with E-state index in [0.717, 1.165) is 12.8 Å². The number of carbonyl (C=O) groups is 1. The molecule has 1 heterocycles. The van der Waals surface area contributed by atoms with Crippen LogP contribution in [0.3, 0.4) is 0 Å². The summed E-state index contributed by atoms with van der Waals surface area (Å²) in [5, 5.41) is 6.08. The lowest BCUT2D eigenvalue weighted by atomic mass is 10.2. The highest BCUT2D eigenvalue weighted by Gasteiger charge is 2.25. The molecule has 7 heteroatoms. The number of rotatable bonds is 7. The van der Waals surface area contributed by atoms with E-state index < -0.39 is 0 Å². The molecule has 0 bridgehead atoms. The van der Waals surface area contributed by atoms with Crippen LogP contribution < -0.4 is 20.1 Å². The summed E-state index contributed by atoms with van der Waals surface area (Å²) in [5.41, 5.74) is 0.698. The summed E-state index contributed by atoms with van der Waals surface area (Å²) >= 11 is 0. The van der Waals surface area contributed by atoms with E-state index in [9.17, 15) is 4.79 Å². The molecular formula is C13H20N4O3. The molecule has 7 nitrogen and oxygen atoms in total. The third kappa shape index (κ3) is 3.57. The Hall–Kier alpha value is -1.89. The molecule has 0 radical (unpaired) electrons. The van der Waals surface area contributed by atoms with E-state index in [1.54, 1.807) is 0 Å². The van der Waals surface area contributed by atoms with Gasteiger partial charge in [-0.15, -0.1) is 0 Å². The van der Waals surface area contributed by atoms with Gasteiger partial charge < -0.3 is 20.1 Å². The van der Waals surface area contributed by atoms with E-state index >= 15 is 0 Å². The topological polar surface area (TPSA) is 85.4 Å². The van der Waals surface area contributed by atoms with Crippen LogP contribution in [0.4, 0.5) is 0 Å². The number of nitrogens with zero attached hydrogens (tertiary/aromatic N) is 2. The fraction of sp³-hybridized carbons (Fsp3) is 0.615. The van der Waals surface area contributed by atoms with Crippen molar-refractivity contribution in [2.45, 2.75) is 38.4 Å². The van der Waals surface area contributed by atoms with Gasteiger partial charge in [0.2, 0.25) is 17.7 Å². The molecule has 1 aromatic rings. The Labute approximate surface area is 118 Å². The number of aromatic nitrogens is 2. The maximum Gasteiger partial charge on any atom is 0.237 e. The van der Waals surface area contributed by atoms with E-state index in [2.05, 4.69) is 20.6 Å². The monoisotopic (exact) mass is 280 g/mol. The lowest BCUT2D eigenvalue weighted by Crippen LogP contribution is -2.42. The van der Waals surface area contributed by atoms with Gasteiger partial charge in [0.25, 0.3) is 0 Å². The average molecular weight is 280 g/mol. The van der Waals surface area contributed by atoms with Crippen molar-refractivity contribution in [2.24, 2.45) is 0 Å². The van der Waals surface area contributed by atoms with Crippen LogP contribution in [0.5, 0.6) is 11.8 Å². The lowest BCUT2D eigenvalue weighted by Gasteiger charge is -2.16. The third-order valence-corrected chi connectivity index (χ3v) is 3.16. The van der Waals surface area contributed by atoms with E-state index in [4.69, 9.17) is 9.47 Å². The first-order chi connectivity index (χ1) is 9.65. The summed E-state index contributed by atoms with van der Waals surface area (Å²) in [4.78, 5) is 19.9. The van der Waals surface area contributed by atoms with Gasteiger partial charge in [-0.25, -0.2) is 9.97 Å². The summed E-state index contributed by atoms with van der Waals surface area (Å²) in [6.07, 6.45) is 3.53. The molecule has 1 amide bonds. The average Bonchev–Trinajstić information content (AvgIpc) is 3.27. The van der Waals surface area contributed by atoms with Crippen LogP contribution in [0, 0.1) is 0 Å². The van der Waals surface area contributed by atoms with Crippen LogP contribution >= 0.6 is 0 Å². The first-order valence-corrected chi connectivity index (χ1v) is 6.61. The highest BCUT2D eigenvalue weighted by Crippen LogP contribution is 2.23. The molecule has 1 saturated carbocycles. The van der Waals surface area contributed by atoms with Gasteiger partial charge in [0, 0.05) is 12.6 Å². The molecule has 1 fully saturated rings. The second kappa shape index (κ2) is 6.51. The summed E-state index contributed by atoms with van der Waals surface area (Å²) in [6, 6.07) is 0.0566. The molecule has 1 aromatic heterocycles. The molecule has 20 heavy (non-hydrogen) atoms. The number of hydrogen-bond acceptors (Lipinski definition) is 6. The third-order valence-electron chi connectivity index (χ3n) is 3.16. The number of amides is 1. The predicted molar refractivity (Wildman–Crippen MR) is 72.6 cm³/mol. The highest BCUT2D eigenvalue weighted by atomic mass is 16.5. The Morgan fingerprint density at radius 1 is 1.35 bits per heavy atom. The summed E-state index contributed by atoms with van der Waals surface area (Å²) in [7, 11) is 3.07. The Bertz CT molecular complexity index is 454. The zero-order valence-corrected chi connectivity index (χ0v) is 12.0. The second-order valence-corrected chi connectivity index (χ2v) is 4.76. The first-order valence-electron chi connectivity index (χ1n) is 6.61. The van der Waals surface area contributed by atoms with Gasteiger partial charge in [-0.1, -0.05) is 0 Å². The van der Waals surface area contributed by atoms with E-state index in [-0.39, 0.29) is 11.9 Å². The summed E-state index contributed by atoms with van der Waals surface area (Å²) < 4.78 is 10.4. The van der Waals surface area contributed by atoms with Crippen LogP contribution in [0.15, 0.2) is 6.33 Å². The SMILES string of the molecule is COc1ncnc(OC)c1CNC(C)C(=O)NC1CC1. The second-order valence-electron chi connectivity index (χ2n) is 4.76. The van der Waals surface area contributed by atoms with Crippen LogP contribution in [0.25, 0.3) is 0 Å². The van der Waals surface area contributed by atoms with E-state index in [0.29, 0.717) is 29.9 Å². The molecule has 110 valence electrons. The zero-order valence-electron chi connectivity index (χ0n) is 12.0. The van der Waals surface area contributed by atoms with Crippen molar-refractivity contribution in [1.82, 2.24) is 20.6 Å². The molecule has 1 aliphatic rings. The van der Waals surface area contributed by atoms with Crippen molar-refractivity contribution >= 4 is 5.91 Å². The van der Waals surface area contributed by atoms with Gasteiger partial charge in [-0.05, 0) is 19.8 Å².